The second-order valence-electron chi connectivity index (χ2n) is 9.77. The van der Waals surface area contributed by atoms with Crippen LogP contribution in [0.4, 0.5) is 4.79 Å². The zero-order chi connectivity index (χ0) is 27.4. The largest absolute Gasteiger partial charge is 0.508 e. The first-order valence-electron chi connectivity index (χ1n) is 12.6. The first-order valence-corrected chi connectivity index (χ1v) is 12.6. The van der Waals surface area contributed by atoms with Gasteiger partial charge in [0, 0.05) is 25.1 Å². The van der Waals surface area contributed by atoms with E-state index in [2.05, 4.69) is 17.2 Å². The average Bonchev–Trinajstić information content (AvgIpc) is 2.83. The summed E-state index contributed by atoms with van der Waals surface area (Å²) < 4.78 is 5.41. The van der Waals surface area contributed by atoms with Crippen molar-refractivity contribution in [1.29, 1.82) is 0 Å². The summed E-state index contributed by atoms with van der Waals surface area (Å²) in [7, 11) is 0. The van der Waals surface area contributed by atoms with Gasteiger partial charge in [0.15, 0.2) is 0 Å². The first kappa shape index (κ1) is 29.4. The van der Waals surface area contributed by atoms with E-state index in [1.165, 1.54) is 17.0 Å². The molecule has 0 aromatic heterocycles. The number of nitrogens with one attached hydrogen (secondary N) is 2. The number of alkyl carbamates (subject to hydrolysis) is 1. The number of hydrogen-bond acceptors (Lipinski definition) is 5. The van der Waals surface area contributed by atoms with Crippen LogP contribution in [-0.2, 0) is 20.7 Å². The van der Waals surface area contributed by atoms with Crippen molar-refractivity contribution in [3.05, 3.63) is 78.4 Å². The summed E-state index contributed by atoms with van der Waals surface area (Å²) >= 11 is 0. The number of rotatable bonds is 12. The van der Waals surface area contributed by atoms with Crippen LogP contribution >= 0.6 is 0 Å². The van der Waals surface area contributed by atoms with E-state index in [4.69, 9.17) is 4.74 Å². The van der Waals surface area contributed by atoms with Crippen molar-refractivity contribution in [1.82, 2.24) is 15.5 Å². The molecular formula is C29H39N3O5. The lowest BCUT2D eigenvalue weighted by molar-refractivity contribution is -0.141. The molecule has 8 heteroatoms. The Balaban J connectivity index is 2.49. The minimum absolute atomic E-state index is 0.0142. The molecule has 37 heavy (non-hydrogen) atoms. The maximum atomic E-state index is 14.0. The van der Waals surface area contributed by atoms with Crippen molar-refractivity contribution in [3.63, 3.8) is 0 Å². The number of ether oxygens (including phenoxy) is 1. The first-order chi connectivity index (χ1) is 17.6. The third kappa shape index (κ3) is 9.29. The summed E-state index contributed by atoms with van der Waals surface area (Å²) in [5.41, 5.74) is 0.340. The number of hydrogen-bond donors (Lipinski definition) is 3. The third-order valence-electron chi connectivity index (χ3n) is 5.50. The molecule has 0 fully saturated rings. The van der Waals surface area contributed by atoms with Crippen molar-refractivity contribution in [2.24, 2.45) is 0 Å². The van der Waals surface area contributed by atoms with E-state index in [-0.39, 0.29) is 24.3 Å². The fourth-order valence-corrected chi connectivity index (χ4v) is 3.82. The highest BCUT2D eigenvalue weighted by Crippen LogP contribution is 2.30. The van der Waals surface area contributed by atoms with Gasteiger partial charge in [0.2, 0.25) is 11.8 Å². The number of aromatic hydroxyl groups is 1. The maximum Gasteiger partial charge on any atom is 0.408 e. The molecule has 2 rings (SSSR count). The number of nitrogens with zero attached hydrogens (tertiary/aromatic N) is 1. The monoisotopic (exact) mass is 509 g/mol. The van der Waals surface area contributed by atoms with Gasteiger partial charge in [0.1, 0.15) is 23.4 Å². The zero-order valence-electron chi connectivity index (χ0n) is 22.2. The molecule has 0 radical (unpaired) electrons. The molecule has 3 amide bonds. The lowest BCUT2D eigenvalue weighted by Crippen LogP contribution is -2.54. The summed E-state index contributed by atoms with van der Waals surface area (Å²) in [6, 6.07) is 13.5. The lowest BCUT2D eigenvalue weighted by atomic mass is 9.99. The van der Waals surface area contributed by atoms with E-state index < -0.39 is 35.6 Å². The number of carbonyl (C=O) groups is 3. The Hall–Kier alpha value is -3.81. The molecule has 0 spiro atoms. The molecule has 0 saturated heterocycles. The molecule has 0 heterocycles. The van der Waals surface area contributed by atoms with Crippen molar-refractivity contribution >= 4 is 17.9 Å². The van der Waals surface area contributed by atoms with Crippen molar-refractivity contribution in [3.8, 4) is 5.75 Å². The van der Waals surface area contributed by atoms with Crippen LogP contribution in [-0.4, -0.2) is 52.6 Å². The molecule has 2 unspecified atom stereocenters. The third-order valence-corrected chi connectivity index (χ3v) is 5.50. The molecule has 0 aliphatic heterocycles. The van der Waals surface area contributed by atoms with Crippen LogP contribution in [0.2, 0.25) is 0 Å². The maximum absolute atomic E-state index is 14.0. The SMILES string of the molecule is C=CCN(C(=O)C(Cc1ccccc1)NC(=O)OC(C)(C)C)C(C(=O)NCCCC)c1ccccc1O. The Morgan fingerprint density at radius 2 is 1.73 bits per heavy atom. The number of benzene rings is 2. The summed E-state index contributed by atoms with van der Waals surface area (Å²) in [5.74, 6) is -1.05. The minimum Gasteiger partial charge on any atom is -0.508 e. The molecular weight excluding hydrogens is 470 g/mol. The molecule has 0 saturated carbocycles. The molecule has 0 bridgehead atoms. The van der Waals surface area contributed by atoms with Crippen molar-refractivity contribution in [2.45, 2.75) is 64.6 Å². The Bertz CT molecular complexity index is 1050. The summed E-state index contributed by atoms with van der Waals surface area (Å²) in [6.07, 6.45) is 2.60. The van der Waals surface area contributed by atoms with E-state index in [0.717, 1.165) is 18.4 Å². The average molecular weight is 510 g/mol. The fourth-order valence-electron chi connectivity index (χ4n) is 3.82. The van der Waals surface area contributed by atoms with Crippen molar-refractivity contribution in [2.75, 3.05) is 13.1 Å². The summed E-state index contributed by atoms with van der Waals surface area (Å²) in [6.45, 7) is 11.4. The molecule has 3 N–H and O–H groups in total. The van der Waals surface area contributed by atoms with Crippen molar-refractivity contribution < 1.29 is 24.2 Å². The van der Waals surface area contributed by atoms with Crippen LogP contribution in [0, 0.1) is 0 Å². The highest BCUT2D eigenvalue weighted by Gasteiger charge is 2.36. The molecule has 2 aromatic rings. The Morgan fingerprint density at radius 3 is 2.32 bits per heavy atom. The van der Waals surface area contributed by atoms with Gasteiger partial charge in [-0.3, -0.25) is 9.59 Å². The molecule has 2 atom stereocenters. The van der Waals surface area contributed by atoms with E-state index in [9.17, 15) is 19.5 Å². The summed E-state index contributed by atoms with van der Waals surface area (Å²) in [5, 5.41) is 16.2. The number of unbranched alkanes of at least 4 members (excludes halogenated alkanes) is 1. The highest BCUT2D eigenvalue weighted by atomic mass is 16.6. The summed E-state index contributed by atoms with van der Waals surface area (Å²) in [4.78, 5) is 41.5. The second-order valence-corrected chi connectivity index (χ2v) is 9.77. The fraction of sp³-hybridized carbons (Fsp3) is 0.414. The van der Waals surface area contributed by atoms with Crippen LogP contribution in [0.5, 0.6) is 5.75 Å². The molecule has 200 valence electrons. The van der Waals surface area contributed by atoms with Gasteiger partial charge in [-0.1, -0.05) is 68.0 Å². The van der Waals surface area contributed by atoms with Crippen LogP contribution in [0.25, 0.3) is 0 Å². The van der Waals surface area contributed by atoms with E-state index in [0.29, 0.717) is 6.54 Å². The van der Waals surface area contributed by atoms with Crippen LogP contribution < -0.4 is 10.6 Å². The van der Waals surface area contributed by atoms with E-state index in [1.54, 1.807) is 39.0 Å². The molecule has 0 aliphatic carbocycles. The van der Waals surface area contributed by atoms with E-state index in [1.807, 2.05) is 37.3 Å². The predicted octanol–water partition coefficient (Wildman–Crippen LogP) is 4.50. The van der Waals surface area contributed by atoms with Crippen LogP contribution in [0.15, 0.2) is 67.3 Å². The van der Waals surface area contributed by atoms with E-state index >= 15 is 0 Å². The minimum atomic E-state index is -1.14. The highest BCUT2D eigenvalue weighted by molar-refractivity contribution is 5.92. The van der Waals surface area contributed by atoms with Gasteiger partial charge in [-0.05, 0) is 38.8 Å². The normalized spacial score (nSPS) is 12.6. The van der Waals surface area contributed by atoms with Crippen LogP contribution in [0.1, 0.15) is 57.7 Å². The Labute approximate surface area is 219 Å². The van der Waals surface area contributed by atoms with Gasteiger partial charge in [0.05, 0.1) is 0 Å². The number of para-hydroxylation sites is 1. The second kappa shape index (κ2) is 14.1. The number of phenols is 1. The van der Waals surface area contributed by atoms with Gasteiger partial charge in [-0.15, -0.1) is 6.58 Å². The smallest absolute Gasteiger partial charge is 0.408 e. The van der Waals surface area contributed by atoms with Gasteiger partial charge in [0.25, 0.3) is 0 Å². The molecule has 2 aromatic carbocycles. The number of amides is 3. The quantitative estimate of drug-likeness (QED) is 0.288. The number of carbonyl (C=O) groups excluding carboxylic acids is 3. The lowest BCUT2D eigenvalue weighted by Gasteiger charge is -2.34. The molecule has 0 aliphatic rings. The van der Waals surface area contributed by atoms with Gasteiger partial charge in [-0.25, -0.2) is 4.79 Å². The zero-order valence-corrected chi connectivity index (χ0v) is 22.2. The predicted molar refractivity (Wildman–Crippen MR) is 144 cm³/mol. The van der Waals surface area contributed by atoms with Gasteiger partial charge >= 0.3 is 6.09 Å². The van der Waals surface area contributed by atoms with Gasteiger partial charge < -0.3 is 25.4 Å². The standard InChI is InChI=1S/C29H39N3O5/c1-6-8-18-30-26(34)25(22-16-12-13-17-24(22)33)32(19-7-2)27(35)23(20-21-14-10-9-11-15-21)31-28(36)37-29(3,4)5/h7,9-17,23,25,33H,2,6,8,18-20H2,1,3-5H3,(H,30,34)(H,31,36). The van der Waals surface area contributed by atoms with Crippen LogP contribution in [0.3, 0.4) is 0 Å². The topological polar surface area (TPSA) is 108 Å². The Morgan fingerprint density at radius 1 is 1.08 bits per heavy atom. The molecule has 8 nitrogen and oxygen atoms in total. The number of phenolic OH excluding ortho intramolecular Hbond substituents is 1. The van der Waals surface area contributed by atoms with Gasteiger partial charge in [-0.2, -0.15) is 0 Å². The Kier molecular flexibility index (Phi) is 11.2.